The third kappa shape index (κ3) is 3.58. The summed E-state index contributed by atoms with van der Waals surface area (Å²) in [7, 11) is 0. The zero-order chi connectivity index (χ0) is 17.2. The number of hydrogen-bond acceptors (Lipinski definition) is 4. The van der Waals surface area contributed by atoms with E-state index in [0.717, 1.165) is 38.1 Å². The van der Waals surface area contributed by atoms with Crippen LogP contribution in [0.4, 0.5) is 0 Å². The second-order valence-corrected chi connectivity index (χ2v) is 6.89. The van der Waals surface area contributed by atoms with Crippen molar-refractivity contribution in [1.82, 2.24) is 14.9 Å². The van der Waals surface area contributed by atoms with Gasteiger partial charge in [-0.05, 0) is 37.8 Å². The molecule has 2 heterocycles. The summed E-state index contributed by atoms with van der Waals surface area (Å²) in [5, 5.41) is 3.59. The number of fused-ring (bicyclic) bond motifs is 1. The Balaban J connectivity index is 1.47. The number of para-hydroxylation sites is 1. The van der Waals surface area contributed by atoms with Crippen molar-refractivity contribution in [3.63, 3.8) is 0 Å². The van der Waals surface area contributed by atoms with Gasteiger partial charge in [0.15, 0.2) is 0 Å². The molecule has 2 aromatic rings. The van der Waals surface area contributed by atoms with Crippen molar-refractivity contribution >= 4 is 16.8 Å². The molecule has 1 aromatic carbocycles. The number of benzene rings is 1. The molecule has 0 spiro atoms. The van der Waals surface area contributed by atoms with Crippen LogP contribution in [0.15, 0.2) is 29.1 Å². The van der Waals surface area contributed by atoms with Gasteiger partial charge in [0.2, 0.25) is 5.91 Å². The van der Waals surface area contributed by atoms with E-state index >= 15 is 0 Å². The van der Waals surface area contributed by atoms with E-state index in [2.05, 4.69) is 10.3 Å². The van der Waals surface area contributed by atoms with Crippen LogP contribution in [0, 0.1) is 0 Å². The van der Waals surface area contributed by atoms with Crippen LogP contribution in [0.2, 0.25) is 0 Å². The first-order valence-electron chi connectivity index (χ1n) is 9.11. The number of aryl methyl sites for hydroxylation is 1. The molecule has 0 bridgehead atoms. The van der Waals surface area contributed by atoms with Gasteiger partial charge in [-0.2, -0.15) is 0 Å². The average Bonchev–Trinajstić information content (AvgIpc) is 3.32. The summed E-state index contributed by atoms with van der Waals surface area (Å²) >= 11 is 0. The second-order valence-electron chi connectivity index (χ2n) is 6.89. The predicted octanol–water partition coefficient (Wildman–Crippen LogP) is 1.96. The highest BCUT2D eigenvalue weighted by molar-refractivity contribution is 5.78. The zero-order valence-corrected chi connectivity index (χ0v) is 14.2. The molecule has 1 amide bonds. The normalized spacial score (nSPS) is 20.1. The lowest BCUT2D eigenvalue weighted by Crippen LogP contribution is -2.32. The van der Waals surface area contributed by atoms with Gasteiger partial charge >= 0.3 is 0 Å². The van der Waals surface area contributed by atoms with E-state index in [1.807, 2.05) is 24.3 Å². The van der Waals surface area contributed by atoms with E-state index in [-0.39, 0.29) is 23.6 Å². The smallest absolute Gasteiger partial charge is 0.261 e. The highest BCUT2D eigenvalue weighted by atomic mass is 16.5. The number of nitrogens with one attached hydrogen (secondary N) is 1. The molecule has 1 N–H and O–H groups in total. The summed E-state index contributed by atoms with van der Waals surface area (Å²) in [4.78, 5) is 29.6. The summed E-state index contributed by atoms with van der Waals surface area (Å²) in [6.07, 6.45) is 5.06. The van der Waals surface area contributed by atoms with Crippen molar-refractivity contribution < 1.29 is 9.53 Å². The molecule has 25 heavy (non-hydrogen) atoms. The van der Waals surface area contributed by atoms with Gasteiger partial charge in [-0.25, -0.2) is 4.98 Å². The Morgan fingerprint density at radius 1 is 1.28 bits per heavy atom. The summed E-state index contributed by atoms with van der Waals surface area (Å²) in [6, 6.07) is 7.67. The highest BCUT2D eigenvalue weighted by Crippen LogP contribution is 2.34. The second kappa shape index (κ2) is 6.96. The fourth-order valence-corrected chi connectivity index (χ4v) is 3.42. The van der Waals surface area contributed by atoms with E-state index in [1.165, 1.54) is 0 Å². The molecule has 132 valence electrons. The van der Waals surface area contributed by atoms with Crippen LogP contribution in [0.1, 0.15) is 44.0 Å². The van der Waals surface area contributed by atoms with Gasteiger partial charge in [0, 0.05) is 32.0 Å². The molecule has 6 nitrogen and oxygen atoms in total. The van der Waals surface area contributed by atoms with E-state index < -0.39 is 0 Å². The first-order valence-corrected chi connectivity index (χ1v) is 9.11. The number of ether oxygens (including phenoxy) is 1. The summed E-state index contributed by atoms with van der Waals surface area (Å²) in [5.74, 6) is 0.707. The number of carbonyl (C=O) groups is 1. The van der Waals surface area contributed by atoms with Gasteiger partial charge in [-0.3, -0.25) is 14.2 Å². The molecule has 6 heteroatoms. The maximum absolute atomic E-state index is 12.8. The molecule has 1 unspecified atom stereocenters. The summed E-state index contributed by atoms with van der Waals surface area (Å²) < 4.78 is 7.32. The van der Waals surface area contributed by atoms with Gasteiger partial charge in [0.05, 0.1) is 17.0 Å². The van der Waals surface area contributed by atoms with Gasteiger partial charge in [0.25, 0.3) is 5.56 Å². The molecule has 1 saturated carbocycles. The number of rotatable bonds is 6. The lowest BCUT2D eigenvalue weighted by atomic mass is 10.2. The van der Waals surface area contributed by atoms with Crippen molar-refractivity contribution in [2.45, 2.75) is 50.7 Å². The first-order chi connectivity index (χ1) is 12.2. The van der Waals surface area contributed by atoms with Gasteiger partial charge in [-0.15, -0.1) is 0 Å². The lowest BCUT2D eigenvalue weighted by molar-refractivity contribution is -0.121. The molecular weight excluding hydrogens is 318 g/mol. The maximum Gasteiger partial charge on any atom is 0.261 e. The van der Waals surface area contributed by atoms with E-state index in [9.17, 15) is 9.59 Å². The lowest BCUT2D eigenvalue weighted by Gasteiger charge is -2.14. The van der Waals surface area contributed by atoms with Gasteiger partial charge in [0.1, 0.15) is 5.82 Å². The molecule has 1 aliphatic heterocycles. The Morgan fingerprint density at radius 3 is 2.88 bits per heavy atom. The quantitative estimate of drug-likeness (QED) is 0.872. The van der Waals surface area contributed by atoms with E-state index in [0.29, 0.717) is 30.3 Å². The van der Waals surface area contributed by atoms with Crippen molar-refractivity contribution in [2.75, 3.05) is 13.2 Å². The van der Waals surface area contributed by atoms with Crippen molar-refractivity contribution in [3.8, 4) is 0 Å². The number of aromatic nitrogens is 2. The van der Waals surface area contributed by atoms with Crippen molar-refractivity contribution in [1.29, 1.82) is 0 Å². The van der Waals surface area contributed by atoms with E-state index in [4.69, 9.17) is 4.74 Å². The third-order valence-electron chi connectivity index (χ3n) is 4.92. The molecule has 1 atom stereocenters. The molecule has 1 aromatic heterocycles. The van der Waals surface area contributed by atoms with Crippen LogP contribution < -0.4 is 10.9 Å². The first kappa shape index (κ1) is 16.3. The number of amides is 1. The molecule has 0 radical (unpaired) electrons. The van der Waals surface area contributed by atoms with Crippen molar-refractivity contribution in [2.24, 2.45) is 0 Å². The molecule has 1 aliphatic carbocycles. The highest BCUT2D eigenvalue weighted by Gasteiger charge is 2.28. The zero-order valence-electron chi connectivity index (χ0n) is 14.2. The minimum atomic E-state index is -0.0137. The number of nitrogens with zero attached hydrogens (tertiary/aromatic N) is 2. The Kier molecular flexibility index (Phi) is 4.53. The monoisotopic (exact) mass is 341 g/mol. The molecule has 4 rings (SSSR count). The maximum atomic E-state index is 12.8. The Labute approximate surface area is 146 Å². The van der Waals surface area contributed by atoms with Crippen LogP contribution in [-0.2, 0) is 16.0 Å². The fourth-order valence-electron chi connectivity index (χ4n) is 3.42. The standard InChI is InChI=1S/C19H23N3O3/c23-18(20-12-14-4-3-11-25-14)10-9-17-21-16-6-2-1-5-15(16)19(24)22(17)13-7-8-13/h1-2,5-6,13-14H,3-4,7-12H2,(H,20,23). The van der Waals surface area contributed by atoms with Gasteiger partial charge < -0.3 is 10.1 Å². The van der Waals surface area contributed by atoms with Gasteiger partial charge in [-0.1, -0.05) is 12.1 Å². The van der Waals surface area contributed by atoms with Crippen LogP contribution in [-0.4, -0.2) is 34.7 Å². The van der Waals surface area contributed by atoms with Crippen LogP contribution in [0.3, 0.4) is 0 Å². The number of carbonyl (C=O) groups excluding carboxylic acids is 1. The third-order valence-corrected chi connectivity index (χ3v) is 4.92. The Bertz CT molecular complexity index is 835. The minimum absolute atomic E-state index is 0.0137. The topological polar surface area (TPSA) is 73.2 Å². The Morgan fingerprint density at radius 2 is 2.12 bits per heavy atom. The molecule has 2 aliphatic rings. The summed E-state index contributed by atoms with van der Waals surface area (Å²) in [5.41, 5.74) is 0.724. The minimum Gasteiger partial charge on any atom is -0.376 e. The number of hydrogen-bond donors (Lipinski definition) is 1. The SMILES string of the molecule is O=C(CCc1nc2ccccc2c(=O)n1C1CC1)NCC1CCCO1. The fraction of sp³-hybridized carbons (Fsp3) is 0.526. The van der Waals surface area contributed by atoms with Crippen LogP contribution in [0.25, 0.3) is 10.9 Å². The average molecular weight is 341 g/mol. The Hall–Kier alpha value is -2.21. The molecular formula is C19H23N3O3. The van der Waals surface area contributed by atoms with Crippen molar-refractivity contribution in [3.05, 3.63) is 40.4 Å². The van der Waals surface area contributed by atoms with Crippen LogP contribution >= 0.6 is 0 Å². The summed E-state index contributed by atoms with van der Waals surface area (Å²) in [6.45, 7) is 1.36. The largest absolute Gasteiger partial charge is 0.376 e. The predicted molar refractivity (Wildman–Crippen MR) is 94.6 cm³/mol. The molecule has 1 saturated heterocycles. The van der Waals surface area contributed by atoms with E-state index in [1.54, 1.807) is 4.57 Å². The van der Waals surface area contributed by atoms with Crippen LogP contribution in [0.5, 0.6) is 0 Å². The molecule has 2 fully saturated rings.